The maximum absolute atomic E-state index is 13.1. The van der Waals surface area contributed by atoms with Crippen molar-refractivity contribution in [3.8, 4) is 11.4 Å². The summed E-state index contributed by atoms with van der Waals surface area (Å²) in [6.07, 6.45) is 0.760. The van der Waals surface area contributed by atoms with Gasteiger partial charge in [0, 0.05) is 18.2 Å². The molecule has 2 rings (SSSR count). The predicted octanol–water partition coefficient (Wildman–Crippen LogP) is 2.47. The van der Waals surface area contributed by atoms with Crippen LogP contribution in [0, 0.1) is 11.6 Å². The van der Waals surface area contributed by atoms with Crippen molar-refractivity contribution in [3.63, 3.8) is 0 Å². The number of nitrogens with zero attached hydrogens (tertiary/aromatic N) is 2. The van der Waals surface area contributed by atoms with Gasteiger partial charge in [-0.15, -0.1) is 0 Å². The van der Waals surface area contributed by atoms with Gasteiger partial charge < -0.3 is 10.3 Å². The van der Waals surface area contributed by atoms with Crippen molar-refractivity contribution < 1.29 is 13.3 Å². The third-order valence-electron chi connectivity index (χ3n) is 2.69. The summed E-state index contributed by atoms with van der Waals surface area (Å²) >= 11 is 0. The minimum absolute atomic E-state index is 0.0374. The van der Waals surface area contributed by atoms with Crippen LogP contribution in [-0.2, 0) is 0 Å². The summed E-state index contributed by atoms with van der Waals surface area (Å²) in [5.74, 6) is -0.843. The van der Waals surface area contributed by atoms with Crippen LogP contribution in [-0.4, -0.2) is 16.7 Å². The Morgan fingerprint density at radius 1 is 1.28 bits per heavy atom. The number of rotatable bonds is 4. The van der Waals surface area contributed by atoms with E-state index >= 15 is 0 Å². The predicted molar refractivity (Wildman–Crippen MR) is 61.7 cm³/mol. The van der Waals surface area contributed by atoms with Gasteiger partial charge in [0.25, 0.3) is 0 Å². The van der Waals surface area contributed by atoms with Crippen molar-refractivity contribution in [2.24, 2.45) is 5.73 Å². The molecule has 1 aromatic carbocycles. The Kier molecular flexibility index (Phi) is 3.66. The highest BCUT2D eigenvalue weighted by molar-refractivity contribution is 5.54. The first-order valence-electron chi connectivity index (χ1n) is 5.64. The van der Waals surface area contributed by atoms with Crippen molar-refractivity contribution >= 4 is 0 Å². The van der Waals surface area contributed by atoms with E-state index in [2.05, 4.69) is 10.1 Å². The van der Waals surface area contributed by atoms with Crippen LogP contribution in [0.2, 0.25) is 0 Å². The van der Waals surface area contributed by atoms with E-state index in [1.807, 2.05) is 6.92 Å². The molecular formula is C12H13F2N3O. The lowest BCUT2D eigenvalue weighted by atomic mass is 10.1. The Hall–Kier alpha value is -1.82. The highest BCUT2D eigenvalue weighted by Gasteiger charge is 2.17. The van der Waals surface area contributed by atoms with Crippen LogP contribution < -0.4 is 5.73 Å². The zero-order valence-electron chi connectivity index (χ0n) is 9.86. The number of hydrogen-bond acceptors (Lipinski definition) is 4. The molecule has 96 valence electrons. The minimum atomic E-state index is -0.679. The molecule has 1 aromatic heterocycles. The molecule has 18 heavy (non-hydrogen) atoms. The Balaban J connectivity index is 2.34. The molecule has 0 saturated heterocycles. The largest absolute Gasteiger partial charge is 0.339 e. The molecule has 0 aliphatic heterocycles. The third-order valence-corrected chi connectivity index (χ3v) is 2.69. The summed E-state index contributed by atoms with van der Waals surface area (Å²) < 4.78 is 31.2. The van der Waals surface area contributed by atoms with E-state index in [9.17, 15) is 8.78 Å². The van der Waals surface area contributed by atoms with E-state index in [0.29, 0.717) is 12.4 Å². The van der Waals surface area contributed by atoms with Crippen molar-refractivity contribution in [1.29, 1.82) is 0 Å². The lowest BCUT2D eigenvalue weighted by Gasteiger charge is -2.04. The molecule has 2 aromatic rings. The molecule has 0 saturated carbocycles. The molecule has 1 atom stereocenters. The topological polar surface area (TPSA) is 64.9 Å². The van der Waals surface area contributed by atoms with E-state index < -0.39 is 11.6 Å². The highest BCUT2D eigenvalue weighted by atomic mass is 19.1. The third kappa shape index (κ3) is 2.53. The fraction of sp³-hybridized carbons (Fsp3) is 0.333. The standard InChI is InChI=1S/C12H13F2N3O/c1-2-7(6-15)12-16-11(17-18-12)8-3-9(13)5-10(14)4-8/h3-5,7H,2,6,15H2,1H3. The number of hydrogen-bond donors (Lipinski definition) is 1. The lowest BCUT2D eigenvalue weighted by molar-refractivity contribution is 0.351. The molecule has 0 fully saturated rings. The quantitative estimate of drug-likeness (QED) is 0.909. The Morgan fingerprint density at radius 2 is 1.94 bits per heavy atom. The monoisotopic (exact) mass is 253 g/mol. The van der Waals surface area contributed by atoms with Crippen LogP contribution in [0.3, 0.4) is 0 Å². The molecule has 0 bridgehead atoms. The van der Waals surface area contributed by atoms with Gasteiger partial charge in [-0.05, 0) is 18.6 Å². The summed E-state index contributed by atoms with van der Waals surface area (Å²) in [7, 11) is 0. The van der Waals surface area contributed by atoms with E-state index in [4.69, 9.17) is 10.3 Å². The van der Waals surface area contributed by atoms with Crippen LogP contribution in [0.1, 0.15) is 25.2 Å². The molecule has 1 unspecified atom stereocenters. The van der Waals surface area contributed by atoms with Crippen LogP contribution in [0.25, 0.3) is 11.4 Å². The second-order valence-electron chi connectivity index (χ2n) is 3.96. The normalized spacial score (nSPS) is 12.7. The smallest absolute Gasteiger partial charge is 0.231 e. The molecule has 0 amide bonds. The van der Waals surface area contributed by atoms with Crippen LogP contribution in [0.15, 0.2) is 22.7 Å². The average molecular weight is 253 g/mol. The molecule has 6 heteroatoms. The minimum Gasteiger partial charge on any atom is -0.339 e. The van der Waals surface area contributed by atoms with Gasteiger partial charge in [0.2, 0.25) is 11.7 Å². The SMILES string of the molecule is CCC(CN)c1nc(-c2cc(F)cc(F)c2)no1. The number of nitrogens with two attached hydrogens (primary N) is 1. The highest BCUT2D eigenvalue weighted by Crippen LogP contribution is 2.22. The second-order valence-corrected chi connectivity index (χ2v) is 3.96. The zero-order chi connectivity index (χ0) is 13.1. The van der Waals surface area contributed by atoms with Crippen LogP contribution in [0.4, 0.5) is 8.78 Å². The molecular weight excluding hydrogens is 240 g/mol. The fourth-order valence-electron chi connectivity index (χ4n) is 1.64. The summed E-state index contributed by atoms with van der Waals surface area (Å²) in [6.45, 7) is 2.33. The van der Waals surface area contributed by atoms with Gasteiger partial charge in [0.15, 0.2) is 0 Å². The lowest BCUT2D eigenvalue weighted by Crippen LogP contribution is -2.11. The van der Waals surface area contributed by atoms with Gasteiger partial charge in [0.1, 0.15) is 11.6 Å². The van der Waals surface area contributed by atoms with Gasteiger partial charge in [-0.2, -0.15) is 4.98 Å². The van der Waals surface area contributed by atoms with Crippen molar-refractivity contribution in [2.75, 3.05) is 6.54 Å². The molecule has 0 spiro atoms. The van der Waals surface area contributed by atoms with Crippen molar-refractivity contribution in [2.45, 2.75) is 19.3 Å². The number of benzene rings is 1. The Bertz CT molecular complexity index is 518. The van der Waals surface area contributed by atoms with Gasteiger partial charge >= 0.3 is 0 Å². The maximum atomic E-state index is 13.1. The van der Waals surface area contributed by atoms with Crippen molar-refractivity contribution in [1.82, 2.24) is 10.1 Å². The first kappa shape index (κ1) is 12.6. The van der Waals surface area contributed by atoms with E-state index in [1.54, 1.807) is 0 Å². The molecule has 1 heterocycles. The van der Waals surface area contributed by atoms with Crippen LogP contribution in [0.5, 0.6) is 0 Å². The second kappa shape index (κ2) is 5.22. The van der Waals surface area contributed by atoms with E-state index in [0.717, 1.165) is 24.6 Å². The molecule has 2 N–H and O–H groups in total. The summed E-state index contributed by atoms with van der Waals surface area (Å²) in [5, 5.41) is 3.71. The molecule has 0 radical (unpaired) electrons. The van der Waals surface area contributed by atoms with Gasteiger partial charge in [-0.1, -0.05) is 12.1 Å². The Labute approximate surface area is 103 Å². The summed E-state index contributed by atoms with van der Waals surface area (Å²) in [4.78, 5) is 4.11. The van der Waals surface area contributed by atoms with Gasteiger partial charge in [-0.25, -0.2) is 8.78 Å². The zero-order valence-corrected chi connectivity index (χ0v) is 9.86. The van der Waals surface area contributed by atoms with E-state index in [1.165, 1.54) is 0 Å². The Morgan fingerprint density at radius 3 is 2.50 bits per heavy atom. The average Bonchev–Trinajstić information content (AvgIpc) is 2.79. The van der Waals surface area contributed by atoms with Gasteiger partial charge in [0.05, 0.1) is 5.92 Å². The summed E-state index contributed by atoms with van der Waals surface area (Å²) in [6, 6.07) is 3.10. The van der Waals surface area contributed by atoms with Gasteiger partial charge in [-0.3, -0.25) is 0 Å². The first-order chi connectivity index (χ1) is 8.63. The molecule has 4 nitrogen and oxygen atoms in total. The number of aromatic nitrogens is 2. The first-order valence-corrected chi connectivity index (χ1v) is 5.64. The fourth-order valence-corrected chi connectivity index (χ4v) is 1.64. The molecule has 0 aliphatic rings. The van der Waals surface area contributed by atoms with Crippen molar-refractivity contribution in [3.05, 3.63) is 35.7 Å². The van der Waals surface area contributed by atoms with Crippen LogP contribution >= 0.6 is 0 Å². The van der Waals surface area contributed by atoms with E-state index in [-0.39, 0.29) is 17.3 Å². The summed E-state index contributed by atoms with van der Waals surface area (Å²) in [5.41, 5.74) is 5.81. The molecule has 0 aliphatic carbocycles. The maximum Gasteiger partial charge on any atom is 0.231 e. The number of halogens is 2.